The van der Waals surface area contributed by atoms with Gasteiger partial charge in [0.1, 0.15) is 11.6 Å². The van der Waals surface area contributed by atoms with Crippen LogP contribution < -0.4 is 0 Å². The highest BCUT2D eigenvalue weighted by atomic mass is 19.1. The van der Waals surface area contributed by atoms with Gasteiger partial charge in [-0.25, -0.2) is 4.39 Å². The van der Waals surface area contributed by atoms with E-state index < -0.39 is 34.2 Å². The van der Waals surface area contributed by atoms with Gasteiger partial charge in [0, 0.05) is 37.8 Å². The van der Waals surface area contributed by atoms with Crippen molar-refractivity contribution in [1.29, 1.82) is 0 Å². The molecule has 2 saturated heterocycles. The zero-order chi connectivity index (χ0) is 24.2. The van der Waals surface area contributed by atoms with Crippen molar-refractivity contribution >= 4 is 23.1 Å². The summed E-state index contributed by atoms with van der Waals surface area (Å²) < 4.78 is 18.7. The Bertz CT molecular complexity index is 1130. The molecule has 4 rings (SSSR count). The average Bonchev–Trinajstić information content (AvgIpc) is 3.09. The summed E-state index contributed by atoms with van der Waals surface area (Å²) in [6.45, 7) is 3.59. The number of aliphatic hydroxyl groups excluding tert-OH is 1. The Balaban J connectivity index is 1.73. The molecule has 1 amide bonds. The Morgan fingerprint density at radius 1 is 1.09 bits per heavy atom. The van der Waals surface area contributed by atoms with Crippen LogP contribution in [0.3, 0.4) is 0 Å². The number of nitro benzene ring substituents is 1. The van der Waals surface area contributed by atoms with Gasteiger partial charge in [0.05, 0.1) is 35.3 Å². The van der Waals surface area contributed by atoms with Crippen LogP contribution in [-0.4, -0.2) is 70.9 Å². The number of carbonyl (C=O) groups excluding carboxylic acids is 2. The van der Waals surface area contributed by atoms with E-state index in [0.717, 1.165) is 25.2 Å². The fourth-order valence-corrected chi connectivity index (χ4v) is 4.37. The van der Waals surface area contributed by atoms with E-state index in [1.807, 2.05) is 0 Å². The molecule has 0 radical (unpaired) electrons. The minimum Gasteiger partial charge on any atom is -0.507 e. The summed E-state index contributed by atoms with van der Waals surface area (Å²) in [6.07, 6.45) is 0.529. The maximum Gasteiger partial charge on any atom is 0.295 e. The van der Waals surface area contributed by atoms with Gasteiger partial charge in [-0.15, -0.1) is 0 Å². The highest BCUT2D eigenvalue weighted by Gasteiger charge is 2.47. The maximum atomic E-state index is 13.4. The number of amides is 1. The number of ether oxygens (including phenoxy) is 1. The number of para-hydroxylation sites is 1. The van der Waals surface area contributed by atoms with Gasteiger partial charge < -0.3 is 14.7 Å². The van der Waals surface area contributed by atoms with E-state index in [4.69, 9.17) is 4.74 Å². The minimum atomic E-state index is -1.14. The molecule has 9 nitrogen and oxygen atoms in total. The molecule has 2 aliphatic rings. The third-order valence-electron chi connectivity index (χ3n) is 6.06. The Hall–Kier alpha value is -3.63. The van der Waals surface area contributed by atoms with Gasteiger partial charge in [-0.2, -0.15) is 0 Å². The third kappa shape index (κ3) is 4.68. The number of aliphatic hydroxyl groups is 1. The lowest BCUT2D eigenvalue weighted by molar-refractivity contribution is -0.385. The molecule has 2 aromatic carbocycles. The fraction of sp³-hybridized carbons (Fsp3) is 0.333. The lowest BCUT2D eigenvalue weighted by atomic mass is 9.94. The smallest absolute Gasteiger partial charge is 0.295 e. The van der Waals surface area contributed by atoms with E-state index in [9.17, 15) is 29.2 Å². The average molecular weight is 469 g/mol. The van der Waals surface area contributed by atoms with E-state index in [0.29, 0.717) is 26.2 Å². The van der Waals surface area contributed by atoms with E-state index >= 15 is 0 Å². The lowest BCUT2D eigenvalue weighted by Gasteiger charge is -2.29. The van der Waals surface area contributed by atoms with Crippen molar-refractivity contribution in [1.82, 2.24) is 9.80 Å². The van der Waals surface area contributed by atoms with Crippen molar-refractivity contribution in [3.63, 3.8) is 0 Å². The van der Waals surface area contributed by atoms with Crippen molar-refractivity contribution in [2.45, 2.75) is 12.5 Å². The van der Waals surface area contributed by atoms with Gasteiger partial charge in [0.25, 0.3) is 17.4 Å². The molecule has 0 bridgehead atoms. The number of nitro groups is 1. The van der Waals surface area contributed by atoms with Crippen LogP contribution in [0.1, 0.15) is 23.6 Å². The van der Waals surface area contributed by atoms with Crippen molar-refractivity contribution < 1.29 is 28.7 Å². The number of carbonyl (C=O) groups is 2. The van der Waals surface area contributed by atoms with Crippen LogP contribution in [0.25, 0.3) is 5.76 Å². The largest absolute Gasteiger partial charge is 0.507 e. The first kappa shape index (κ1) is 23.5. The molecule has 1 atom stereocenters. The molecule has 2 aromatic rings. The molecule has 2 aliphatic heterocycles. The van der Waals surface area contributed by atoms with E-state index in [2.05, 4.69) is 4.90 Å². The Morgan fingerprint density at radius 2 is 1.76 bits per heavy atom. The number of hydrogen-bond acceptors (Lipinski definition) is 7. The Labute approximate surface area is 195 Å². The first-order valence-corrected chi connectivity index (χ1v) is 11.0. The molecular weight excluding hydrogens is 445 g/mol. The third-order valence-corrected chi connectivity index (χ3v) is 6.06. The fourth-order valence-electron chi connectivity index (χ4n) is 4.37. The SMILES string of the molecule is O=C1C(=O)N(CCCN2CCOCC2)[C@H](c2ccccc2[N+](=O)[O-])C1=C(O)c1ccc(F)cc1. The van der Waals surface area contributed by atoms with E-state index in [1.165, 1.54) is 35.2 Å². The highest BCUT2D eigenvalue weighted by Crippen LogP contribution is 2.42. The summed E-state index contributed by atoms with van der Waals surface area (Å²) in [7, 11) is 0. The van der Waals surface area contributed by atoms with Crippen LogP contribution in [0.15, 0.2) is 54.1 Å². The van der Waals surface area contributed by atoms with Crippen LogP contribution in [0.2, 0.25) is 0 Å². The van der Waals surface area contributed by atoms with Crippen LogP contribution in [0, 0.1) is 15.9 Å². The second kappa shape index (κ2) is 10.1. The normalized spacial score (nSPS) is 20.6. The number of Topliss-reactive ketones (excluding diaryl/α,β-unsaturated/α-hetero) is 1. The Morgan fingerprint density at radius 3 is 2.44 bits per heavy atom. The molecule has 1 N–H and O–H groups in total. The number of rotatable bonds is 7. The summed E-state index contributed by atoms with van der Waals surface area (Å²) >= 11 is 0. The first-order chi connectivity index (χ1) is 16.4. The molecule has 178 valence electrons. The molecule has 34 heavy (non-hydrogen) atoms. The van der Waals surface area contributed by atoms with E-state index in [-0.39, 0.29) is 28.9 Å². The molecule has 2 fully saturated rings. The molecule has 0 unspecified atom stereocenters. The van der Waals surface area contributed by atoms with Crippen LogP contribution >= 0.6 is 0 Å². The number of ketones is 1. The van der Waals surface area contributed by atoms with Crippen molar-refractivity contribution in [3.05, 3.63) is 81.2 Å². The van der Waals surface area contributed by atoms with Gasteiger partial charge in [-0.1, -0.05) is 12.1 Å². The molecule has 0 saturated carbocycles. The van der Waals surface area contributed by atoms with Gasteiger partial charge in [-0.05, 0) is 36.8 Å². The predicted molar refractivity (Wildman–Crippen MR) is 120 cm³/mol. The van der Waals surface area contributed by atoms with E-state index in [1.54, 1.807) is 6.07 Å². The summed E-state index contributed by atoms with van der Waals surface area (Å²) in [6, 6.07) is 9.50. The zero-order valence-electron chi connectivity index (χ0n) is 18.4. The monoisotopic (exact) mass is 469 g/mol. The number of halogens is 1. The van der Waals surface area contributed by atoms with Gasteiger partial charge in [0.15, 0.2) is 0 Å². The highest BCUT2D eigenvalue weighted by molar-refractivity contribution is 6.46. The Kier molecular flexibility index (Phi) is 6.99. The molecule has 0 aliphatic carbocycles. The van der Waals surface area contributed by atoms with Crippen LogP contribution in [0.5, 0.6) is 0 Å². The quantitative estimate of drug-likeness (QED) is 0.218. The second-order valence-corrected chi connectivity index (χ2v) is 8.12. The number of morpholine rings is 1. The zero-order valence-corrected chi connectivity index (χ0v) is 18.4. The van der Waals surface area contributed by atoms with Gasteiger partial charge in [-0.3, -0.25) is 24.6 Å². The standard InChI is InChI=1S/C24H24FN3O6/c25-17-8-6-16(7-9-17)22(29)20-21(18-4-1-2-5-19(18)28(32)33)27(24(31)23(20)30)11-3-10-26-12-14-34-15-13-26/h1-2,4-9,21,29H,3,10-15H2/t21-/m1/s1. The van der Waals surface area contributed by atoms with Crippen molar-refractivity contribution in [3.8, 4) is 0 Å². The van der Waals surface area contributed by atoms with Crippen molar-refractivity contribution in [2.75, 3.05) is 39.4 Å². The van der Waals surface area contributed by atoms with Gasteiger partial charge >= 0.3 is 0 Å². The molecular formula is C24H24FN3O6. The van der Waals surface area contributed by atoms with Gasteiger partial charge in [0.2, 0.25) is 0 Å². The summed E-state index contributed by atoms with van der Waals surface area (Å²) in [4.78, 5) is 40.7. The molecule has 0 aromatic heterocycles. The molecule has 10 heteroatoms. The second-order valence-electron chi connectivity index (χ2n) is 8.12. The summed E-state index contributed by atoms with van der Waals surface area (Å²) in [5, 5.41) is 22.7. The molecule has 2 heterocycles. The van der Waals surface area contributed by atoms with Crippen LogP contribution in [0.4, 0.5) is 10.1 Å². The van der Waals surface area contributed by atoms with Crippen molar-refractivity contribution in [2.24, 2.45) is 0 Å². The number of nitrogens with zero attached hydrogens (tertiary/aromatic N) is 3. The number of likely N-dealkylation sites (tertiary alicyclic amines) is 1. The topological polar surface area (TPSA) is 113 Å². The number of hydrogen-bond donors (Lipinski definition) is 1. The minimum absolute atomic E-state index is 0.127. The maximum absolute atomic E-state index is 13.4. The lowest BCUT2D eigenvalue weighted by Crippen LogP contribution is -2.39. The molecule has 0 spiro atoms. The summed E-state index contributed by atoms with van der Waals surface area (Å²) in [5.41, 5.74) is -0.257. The predicted octanol–water partition coefficient (Wildman–Crippen LogP) is 2.88. The number of benzene rings is 2. The summed E-state index contributed by atoms with van der Waals surface area (Å²) in [5.74, 6) is -2.81. The first-order valence-electron chi connectivity index (χ1n) is 11.0. The van der Waals surface area contributed by atoms with Crippen LogP contribution in [-0.2, 0) is 14.3 Å².